The number of H-pyrrole nitrogens is 1. The van der Waals surface area contributed by atoms with E-state index in [9.17, 15) is 0 Å². The number of methoxy groups -OCH3 is 4. The van der Waals surface area contributed by atoms with Crippen molar-refractivity contribution in [3.8, 4) is 34.1 Å². The molecule has 36 heavy (non-hydrogen) atoms. The predicted molar refractivity (Wildman–Crippen MR) is 141 cm³/mol. The average molecular weight is 481 g/mol. The highest BCUT2D eigenvalue weighted by Crippen LogP contribution is 2.46. The molecular formula is C29H26N3O4+. The third-order valence-electron chi connectivity index (χ3n) is 6.90. The van der Waals surface area contributed by atoms with Gasteiger partial charge in [-0.3, -0.25) is 0 Å². The zero-order chi connectivity index (χ0) is 25.0. The van der Waals surface area contributed by atoms with E-state index >= 15 is 0 Å². The number of nitrogens with zero attached hydrogens (tertiary/aromatic N) is 2. The molecule has 0 aliphatic heterocycles. The lowest BCUT2D eigenvalue weighted by Gasteiger charge is -2.17. The molecule has 0 fully saturated rings. The van der Waals surface area contributed by atoms with Crippen molar-refractivity contribution in [2.75, 3.05) is 28.4 Å². The molecule has 0 atom stereocenters. The summed E-state index contributed by atoms with van der Waals surface area (Å²) in [5.41, 5.74) is 4.94. The number of aromatic amines is 1. The maximum absolute atomic E-state index is 5.90. The lowest BCUT2D eigenvalue weighted by Crippen LogP contribution is -2.28. The molecule has 0 aliphatic rings. The lowest BCUT2D eigenvalue weighted by molar-refractivity contribution is -0.642. The number of hydrogen-bond acceptors (Lipinski definition) is 5. The van der Waals surface area contributed by atoms with Gasteiger partial charge in [-0.1, -0.05) is 12.1 Å². The fourth-order valence-corrected chi connectivity index (χ4v) is 5.32. The highest BCUT2D eigenvalue weighted by molar-refractivity contribution is 6.18. The number of imidazole rings is 1. The van der Waals surface area contributed by atoms with Gasteiger partial charge in [0.2, 0.25) is 5.52 Å². The van der Waals surface area contributed by atoms with E-state index in [1.807, 2.05) is 19.2 Å². The Kier molecular flexibility index (Phi) is 5.07. The normalized spacial score (nSPS) is 11.5. The molecule has 7 nitrogen and oxygen atoms in total. The molecule has 0 aliphatic carbocycles. The Labute approximate surface area is 207 Å². The van der Waals surface area contributed by atoms with E-state index in [1.165, 1.54) is 0 Å². The highest BCUT2D eigenvalue weighted by atomic mass is 16.5. The first-order chi connectivity index (χ1) is 17.6. The molecule has 0 spiro atoms. The molecule has 6 rings (SSSR count). The van der Waals surface area contributed by atoms with Crippen molar-refractivity contribution >= 4 is 43.5 Å². The van der Waals surface area contributed by atoms with Gasteiger partial charge in [0.05, 0.1) is 62.0 Å². The second-order valence-corrected chi connectivity index (χ2v) is 8.68. The minimum atomic E-state index is 0.671. The first kappa shape index (κ1) is 22.0. The van der Waals surface area contributed by atoms with Gasteiger partial charge in [-0.05, 0) is 42.0 Å². The zero-order valence-electron chi connectivity index (χ0n) is 20.8. The topological polar surface area (TPSA) is 69.5 Å². The smallest absolute Gasteiger partial charge is 0.220 e. The van der Waals surface area contributed by atoms with Crippen LogP contribution in [-0.4, -0.2) is 38.4 Å². The third kappa shape index (κ3) is 3.05. The van der Waals surface area contributed by atoms with Gasteiger partial charge < -0.3 is 23.9 Å². The Morgan fingerprint density at radius 2 is 1.44 bits per heavy atom. The SMILES string of the molecule is COc1cc2c(ccc3c4ccc(OC)c(OC)c4c[n+](C)c23)c(-c2ccc3nc[nH]c3c2)c1OC. The number of benzene rings is 4. The van der Waals surface area contributed by atoms with Crippen LogP contribution in [0.5, 0.6) is 23.0 Å². The summed E-state index contributed by atoms with van der Waals surface area (Å²) in [5.74, 6) is 2.78. The van der Waals surface area contributed by atoms with Crippen molar-refractivity contribution in [1.82, 2.24) is 9.97 Å². The van der Waals surface area contributed by atoms with Crippen LogP contribution < -0.4 is 23.5 Å². The molecule has 2 aromatic heterocycles. The summed E-state index contributed by atoms with van der Waals surface area (Å²) in [7, 11) is 8.72. The molecule has 0 amide bonds. The molecule has 6 aromatic rings. The summed E-state index contributed by atoms with van der Waals surface area (Å²) in [6.45, 7) is 0. The number of aromatic nitrogens is 3. The molecule has 1 N–H and O–H groups in total. The van der Waals surface area contributed by atoms with E-state index in [1.54, 1.807) is 34.8 Å². The van der Waals surface area contributed by atoms with Crippen molar-refractivity contribution in [3.63, 3.8) is 0 Å². The van der Waals surface area contributed by atoms with E-state index in [2.05, 4.69) is 57.1 Å². The maximum atomic E-state index is 5.90. The fourth-order valence-electron chi connectivity index (χ4n) is 5.32. The van der Waals surface area contributed by atoms with Crippen molar-refractivity contribution in [3.05, 3.63) is 61.1 Å². The number of ether oxygens (including phenoxy) is 4. The number of nitrogens with one attached hydrogen (secondary N) is 1. The first-order valence-corrected chi connectivity index (χ1v) is 11.6. The van der Waals surface area contributed by atoms with Gasteiger partial charge >= 0.3 is 0 Å². The van der Waals surface area contributed by atoms with Gasteiger partial charge in [-0.2, -0.15) is 4.57 Å². The van der Waals surface area contributed by atoms with Crippen LogP contribution in [0.1, 0.15) is 0 Å². The second kappa shape index (κ2) is 8.30. The number of hydrogen-bond donors (Lipinski definition) is 1. The van der Waals surface area contributed by atoms with E-state index < -0.39 is 0 Å². The number of aryl methyl sites for hydroxylation is 1. The molecule has 0 saturated heterocycles. The molecule has 2 heterocycles. The summed E-state index contributed by atoms with van der Waals surface area (Å²) in [6.07, 6.45) is 3.79. The largest absolute Gasteiger partial charge is 0.493 e. The maximum Gasteiger partial charge on any atom is 0.220 e. The van der Waals surface area contributed by atoms with Gasteiger partial charge in [0.15, 0.2) is 29.2 Å². The van der Waals surface area contributed by atoms with Crippen LogP contribution in [0.4, 0.5) is 0 Å². The summed E-state index contributed by atoms with van der Waals surface area (Å²) < 4.78 is 25.1. The summed E-state index contributed by atoms with van der Waals surface area (Å²) in [4.78, 5) is 7.58. The molecule has 180 valence electrons. The molecule has 0 unspecified atom stereocenters. The molecule has 0 radical (unpaired) electrons. The third-order valence-corrected chi connectivity index (χ3v) is 6.90. The highest BCUT2D eigenvalue weighted by Gasteiger charge is 2.24. The Morgan fingerprint density at radius 3 is 2.19 bits per heavy atom. The fraction of sp³-hybridized carbons (Fsp3) is 0.172. The van der Waals surface area contributed by atoms with Crippen LogP contribution in [0.25, 0.3) is 54.6 Å². The van der Waals surface area contributed by atoms with Crippen LogP contribution in [0.15, 0.2) is 61.1 Å². The molecular weight excluding hydrogens is 454 g/mol. The first-order valence-electron chi connectivity index (χ1n) is 11.6. The van der Waals surface area contributed by atoms with Crippen LogP contribution in [0.3, 0.4) is 0 Å². The average Bonchev–Trinajstić information content (AvgIpc) is 3.38. The number of fused-ring (bicyclic) bond motifs is 6. The Morgan fingerprint density at radius 1 is 0.694 bits per heavy atom. The van der Waals surface area contributed by atoms with Crippen molar-refractivity contribution < 1.29 is 23.5 Å². The van der Waals surface area contributed by atoms with Gasteiger partial charge in [-0.25, -0.2) is 4.98 Å². The second-order valence-electron chi connectivity index (χ2n) is 8.68. The zero-order valence-corrected chi connectivity index (χ0v) is 20.8. The van der Waals surface area contributed by atoms with Crippen LogP contribution >= 0.6 is 0 Å². The Hall–Kier alpha value is -4.52. The van der Waals surface area contributed by atoms with Crippen molar-refractivity contribution in [2.24, 2.45) is 7.05 Å². The monoisotopic (exact) mass is 480 g/mol. The summed E-state index contributed by atoms with van der Waals surface area (Å²) >= 11 is 0. The van der Waals surface area contributed by atoms with Gasteiger partial charge in [-0.15, -0.1) is 0 Å². The van der Waals surface area contributed by atoms with Crippen molar-refractivity contribution in [1.29, 1.82) is 0 Å². The van der Waals surface area contributed by atoms with Crippen LogP contribution in [0.2, 0.25) is 0 Å². The summed E-state index contributed by atoms with van der Waals surface area (Å²) in [6, 6.07) is 16.6. The van der Waals surface area contributed by atoms with E-state index in [4.69, 9.17) is 18.9 Å². The van der Waals surface area contributed by atoms with Crippen LogP contribution in [0, 0.1) is 0 Å². The van der Waals surface area contributed by atoms with E-state index in [0.717, 1.165) is 54.6 Å². The Balaban J connectivity index is 1.76. The number of rotatable bonds is 5. The van der Waals surface area contributed by atoms with Gasteiger partial charge in [0, 0.05) is 16.3 Å². The quantitative estimate of drug-likeness (QED) is 0.259. The van der Waals surface area contributed by atoms with Gasteiger partial charge in [0.1, 0.15) is 7.05 Å². The number of pyridine rings is 1. The van der Waals surface area contributed by atoms with Gasteiger partial charge in [0.25, 0.3) is 0 Å². The van der Waals surface area contributed by atoms with E-state index in [-0.39, 0.29) is 0 Å². The molecule has 4 aromatic carbocycles. The molecule has 7 heteroatoms. The molecule has 0 bridgehead atoms. The Bertz CT molecular complexity index is 1810. The van der Waals surface area contributed by atoms with Crippen LogP contribution in [-0.2, 0) is 7.05 Å². The summed E-state index contributed by atoms with van der Waals surface area (Å²) in [5, 5.41) is 5.29. The standard InChI is InChI=1S/C29H26N3O4/c1-32-14-21-17(9-11-24(33-2)28(21)35-4)19-8-7-18-20(27(19)32)13-25(34-3)29(36-5)26(18)16-6-10-22-23(12-16)31-15-30-22/h6-15H,1-5H3,(H,30,31)/q+1. The van der Waals surface area contributed by atoms with Crippen molar-refractivity contribution in [2.45, 2.75) is 0 Å². The van der Waals surface area contributed by atoms with E-state index in [0.29, 0.717) is 23.0 Å². The minimum absolute atomic E-state index is 0.671. The lowest BCUT2D eigenvalue weighted by atomic mass is 9.93. The molecule has 0 saturated carbocycles. The minimum Gasteiger partial charge on any atom is -0.493 e. The predicted octanol–water partition coefficient (Wildman–Crippen LogP) is 5.55.